The second-order valence-electron chi connectivity index (χ2n) is 9.93. The Morgan fingerprint density at radius 3 is 2.23 bits per heavy atom. The lowest BCUT2D eigenvalue weighted by atomic mass is 9.91. The van der Waals surface area contributed by atoms with Gasteiger partial charge in [-0.1, -0.05) is 63.4 Å². The Morgan fingerprint density at radius 2 is 1.60 bits per heavy atom. The molecule has 0 spiro atoms. The van der Waals surface area contributed by atoms with Crippen molar-refractivity contribution in [3.8, 4) is 0 Å². The first-order valence-corrected chi connectivity index (χ1v) is 15.2. The molecule has 0 aliphatic carbocycles. The molecule has 0 radical (unpaired) electrons. The molecule has 3 amide bonds. The lowest BCUT2D eigenvalue weighted by Crippen LogP contribution is -2.59. The molecule has 0 aliphatic rings. The zero-order chi connectivity index (χ0) is 29.3. The number of amides is 3. The molecule has 2 aromatic rings. The zero-order valence-corrected chi connectivity index (χ0v) is 24.5. The van der Waals surface area contributed by atoms with Gasteiger partial charge in [-0.25, -0.2) is 0 Å². The summed E-state index contributed by atoms with van der Waals surface area (Å²) in [6.45, 7) is 5.46. The van der Waals surface area contributed by atoms with Crippen LogP contribution in [-0.2, 0) is 16.0 Å². The number of carbonyl (C=O) groups excluding carboxylic acids is 3. The lowest BCUT2D eigenvalue weighted by molar-refractivity contribution is -0.126. The van der Waals surface area contributed by atoms with E-state index in [0.717, 1.165) is 37.0 Å². The summed E-state index contributed by atoms with van der Waals surface area (Å²) in [7, 11) is 0. The Morgan fingerprint density at radius 1 is 0.900 bits per heavy atom. The molecule has 0 saturated heterocycles. The Balaban J connectivity index is 2.27. The Labute approximate surface area is 241 Å². The van der Waals surface area contributed by atoms with Gasteiger partial charge < -0.3 is 26.2 Å². The fraction of sp³-hybridized carbons (Fsp3) is 0.533. The van der Waals surface area contributed by atoms with Crippen LogP contribution < -0.4 is 16.0 Å². The van der Waals surface area contributed by atoms with Crippen molar-refractivity contribution in [3.05, 3.63) is 66.0 Å². The van der Waals surface area contributed by atoms with Crippen molar-refractivity contribution < 1.29 is 24.6 Å². The maximum Gasteiger partial charge on any atom is 0.253 e. The summed E-state index contributed by atoms with van der Waals surface area (Å²) in [6.07, 6.45) is 4.66. The number of pyridine rings is 1. The Hall–Kier alpha value is -2.95. The van der Waals surface area contributed by atoms with E-state index in [4.69, 9.17) is 0 Å². The zero-order valence-electron chi connectivity index (χ0n) is 23.7. The summed E-state index contributed by atoms with van der Waals surface area (Å²) in [5.41, 5.74) is 1.20. The number of nitrogens with zero attached hydrogens (tertiary/aromatic N) is 1. The van der Waals surface area contributed by atoms with Gasteiger partial charge in [-0.15, -0.1) is 0 Å². The highest BCUT2D eigenvalue weighted by Crippen LogP contribution is 2.16. The van der Waals surface area contributed by atoms with Gasteiger partial charge in [0, 0.05) is 25.1 Å². The second-order valence-corrected chi connectivity index (χ2v) is 11.1. The van der Waals surface area contributed by atoms with Gasteiger partial charge in [-0.3, -0.25) is 19.4 Å². The summed E-state index contributed by atoms with van der Waals surface area (Å²) < 4.78 is 0. The maximum absolute atomic E-state index is 13.6. The van der Waals surface area contributed by atoms with E-state index >= 15 is 0 Å². The highest BCUT2D eigenvalue weighted by Gasteiger charge is 2.35. The van der Waals surface area contributed by atoms with Crippen LogP contribution in [0.3, 0.4) is 0 Å². The predicted molar refractivity (Wildman–Crippen MR) is 159 cm³/mol. The van der Waals surface area contributed by atoms with Crippen LogP contribution in [0.25, 0.3) is 0 Å². The van der Waals surface area contributed by atoms with Gasteiger partial charge in [0.2, 0.25) is 11.8 Å². The number of rotatable bonds is 18. The standard InChI is InChI=1S/C30H44N4O5S/c1-4-6-15-24(32-21(3)35)27(36)28(37)25(18-22-12-9-8-10-13-22)33-30(39)26(20-40-17-7-5-2)34-29(38)23-14-11-16-31-19-23/h8-14,16,19,24-28,36-37H,4-7,15,17-18,20H2,1-3H3,(H,32,35)(H,33,39)(H,34,38)/t24-,25+,26-,27-,28-/m1/s1. The van der Waals surface area contributed by atoms with E-state index in [1.54, 1.807) is 30.1 Å². The van der Waals surface area contributed by atoms with Gasteiger partial charge in [0.05, 0.1) is 17.6 Å². The summed E-state index contributed by atoms with van der Waals surface area (Å²) in [5.74, 6) is -0.00104. The van der Waals surface area contributed by atoms with Crippen molar-refractivity contribution in [2.75, 3.05) is 11.5 Å². The van der Waals surface area contributed by atoms with Crippen molar-refractivity contribution >= 4 is 29.5 Å². The molecule has 1 aromatic heterocycles. The first-order chi connectivity index (χ1) is 19.3. The normalized spacial score (nSPS) is 14.8. The highest BCUT2D eigenvalue weighted by molar-refractivity contribution is 7.99. The van der Waals surface area contributed by atoms with Crippen molar-refractivity contribution in [2.45, 2.75) is 89.6 Å². The molecule has 0 unspecified atom stereocenters. The molecule has 40 heavy (non-hydrogen) atoms. The quantitative estimate of drug-likeness (QED) is 0.173. The third kappa shape index (κ3) is 11.7. The number of hydrogen-bond acceptors (Lipinski definition) is 7. The average molecular weight is 573 g/mol. The van der Waals surface area contributed by atoms with E-state index in [1.807, 2.05) is 37.3 Å². The molecule has 2 rings (SSSR count). The van der Waals surface area contributed by atoms with Crippen molar-refractivity contribution in [2.24, 2.45) is 0 Å². The smallest absolute Gasteiger partial charge is 0.253 e. The van der Waals surface area contributed by atoms with E-state index in [1.165, 1.54) is 13.1 Å². The third-order valence-corrected chi connectivity index (χ3v) is 7.68. The predicted octanol–water partition coefficient (Wildman–Crippen LogP) is 2.86. The molecule has 1 aromatic carbocycles. The summed E-state index contributed by atoms with van der Waals surface area (Å²) in [6, 6.07) is 10.2. The van der Waals surface area contributed by atoms with E-state index in [9.17, 15) is 24.6 Å². The maximum atomic E-state index is 13.6. The van der Waals surface area contributed by atoms with Crippen molar-refractivity contribution in [3.63, 3.8) is 0 Å². The average Bonchev–Trinajstić information content (AvgIpc) is 2.96. The molecule has 220 valence electrons. The van der Waals surface area contributed by atoms with E-state index < -0.39 is 42.1 Å². The summed E-state index contributed by atoms with van der Waals surface area (Å²) >= 11 is 1.57. The molecule has 1 heterocycles. The molecule has 0 aliphatic heterocycles. The number of benzene rings is 1. The molecule has 5 atom stereocenters. The fourth-order valence-corrected chi connectivity index (χ4v) is 5.40. The monoisotopic (exact) mass is 572 g/mol. The Kier molecular flexibility index (Phi) is 15.3. The van der Waals surface area contributed by atoms with Gasteiger partial charge in [0.15, 0.2) is 0 Å². The first kappa shape index (κ1) is 33.3. The second kappa shape index (κ2) is 18.4. The molecule has 5 N–H and O–H groups in total. The Bertz CT molecular complexity index is 1030. The number of aromatic nitrogens is 1. The summed E-state index contributed by atoms with van der Waals surface area (Å²) in [4.78, 5) is 42.3. The van der Waals surface area contributed by atoms with Crippen LogP contribution in [0, 0.1) is 0 Å². The molecule has 0 saturated carbocycles. The first-order valence-electron chi connectivity index (χ1n) is 14.0. The van der Waals surface area contributed by atoms with E-state index in [0.29, 0.717) is 17.7 Å². The number of hydrogen-bond donors (Lipinski definition) is 5. The highest BCUT2D eigenvalue weighted by atomic mass is 32.2. The minimum absolute atomic E-state index is 0.248. The molecule has 9 nitrogen and oxygen atoms in total. The number of aliphatic hydroxyl groups is 2. The molecule has 10 heteroatoms. The number of thioether (sulfide) groups is 1. The van der Waals surface area contributed by atoms with Crippen LogP contribution in [0.2, 0.25) is 0 Å². The SMILES string of the molecule is CCCCSC[C@@H](NC(=O)c1cccnc1)C(=O)N[C@@H](Cc1ccccc1)[C@@H](O)[C@H](O)[C@@H](CCCC)NC(C)=O. The molecule has 0 fully saturated rings. The van der Waals surface area contributed by atoms with Crippen LogP contribution in [-0.4, -0.2) is 74.8 Å². The van der Waals surface area contributed by atoms with Crippen LogP contribution >= 0.6 is 11.8 Å². The van der Waals surface area contributed by atoms with Crippen LogP contribution in [0.5, 0.6) is 0 Å². The van der Waals surface area contributed by atoms with Crippen LogP contribution in [0.1, 0.15) is 68.8 Å². The van der Waals surface area contributed by atoms with Gasteiger partial charge in [0.25, 0.3) is 5.91 Å². The summed E-state index contributed by atoms with van der Waals surface area (Å²) in [5, 5.41) is 31.0. The van der Waals surface area contributed by atoms with E-state index in [2.05, 4.69) is 27.9 Å². The van der Waals surface area contributed by atoms with Gasteiger partial charge in [-0.2, -0.15) is 11.8 Å². The van der Waals surface area contributed by atoms with Crippen LogP contribution in [0.15, 0.2) is 54.9 Å². The molecular weight excluding hydrogens is 528 g/mol. The van der Waals surface area contributed by atoms with Gasteiger partial charge in [0.1, 0.15) is 18.2 Å². The minimum atomic E-state index is -1.37. The number of carbonyl (C=O) groups is 3. The molecule has 0 bridgehead atoms. The molecular formula is C30H44N4O5S. The van der Waals surface area contributed by atoms with E-state index in [-0.39, 0.29) is 12.3 Å². The topological polar surface area (TPSA) is 141 Å². The van der Waals surface area contributed by atoms with Crippen LogP contribution in [0.4, 0.5) is 0 Å². The van der Waals surface area contributed by atoms with Crippen molar-refractivity contribution in [1.82, 2.24) is 20.9 Å². The lowest BCUT2D eigenvalue weighted by Gasteiger charge is -2.33. The minimum Gasteiger partial charge on any atom is -0.388 e. The van der Waals surface area contributed by atoms with Crippen molar-refractivity contribution in [1.29, 1.82) is 0 Å². The van der Waals surface area contributed by atoms with Gasteiger partial charge in [-0.05, 0) is 42.7 Å². The number of unbranched alkanes of at least 4 members (excludes halogenated alkanes) is 2. The largest absolute Gasteiger partial charge is 0.388 e. The fourth-order valence-electron chi connectivity index (χ4n) is 4.27. The number of aliphatic hydroxyl groups excluding tert-OH is 2. The third-order valence-electron chi connectivity index (χ3n) is 6.53. The number of nitrogens with one attached hydrogen (secondary N) is 3. The van der Waals surface area contributed by atoms with Gasteiger partial charge >= 0.3 is 0 Å².